The van der Waals surface area contributed by atoms with Crippen LogP contribution < -0.4 is 9.80 Å². The van der Waals surface area contributed by atoms with Crippen LogP contribution in [0.25, 0.3) is 11.1 Å². The van der Waals surface area contributed by atoms with Crippen molar-refractivity contribution in [3.63, 3.8) is 0 Å². The Kier molecular flexibility index (Phi) is 10.9. The molecule has 0 radical (unpaired) electrons. The zero-order chi connectivity index (χ0) is 33.5. The first kappa shape index (κ1) is 33.8. The number of allylic oxidation sites excluding steroid dienone is 9. The summed E-state index contributed by atoms with van der Waals surface area (Å²) in [6.07, 6.45) is 7.90. The lowest BCUT2D eigenvalue weighted by atomic mass is 9.98. The van der Waals surface area contributed by atoms with E-state index in [1.54, 1.807) is 6.08 Å². The van der Waals surface area contributed by atoms with Crippen molar-refractivity contribution in [2.24, 2.45) is 0 Å². The average molecular weight is 605 g/mol. The molecule has 4 aromatic rings. The first-order valence-corrected chi connectivity index (χ1v) is 15.8. The van der Waals surface area contributed by atoms with Gasteiger partial charge in [-0.1, -0.05) is 74.4 Å². The van der Waals surface area contributed by atoms with E-state index in [4.69, 9.17) is 0 Å². The summed E-state index contributed by atoms with van der Waals surface area (Å²) in [4.78, 5) is 4.61. The standard InChI is InChI=1S/C44H48N2/c1-12-30(2)19-20-33(5)38(10)34(6)27-37(9)45(11)43-23-21-39(28-35(43)7)40-22-24-44(36(8)29-40)46(41-17-13-15-31(3)25-41)42-18-14-16-32(4)26-42/h12-29H,1-2,5H2,3-4,6-11H3. The maximum Gasteiger partial charge on any atom is 0.0491 e. The highest BCUT2D eigenvalue weighted by Crippen LogP contribution is 2.39. The minimum atomic E-state index is 0.870. The third-order valence-corrected chi connectivity index (χ3v) is 8.64. The second-order valence-corrected chi connectivity index (χ2v) is 12.3. The van der Waals surface area contributed by atoms with Crippen molar-refractivity contribution in [2.45, 2.75) is 48.5 Å². The highest BCUT2D eigenvalue weighted by Gasteiger charge is 2.16. The van der Waals surface area contributed by atoms with Crippen LogP contribution in [0.15, 0.2) is 157 Å². The van der Waals surface area contributed by atoms with Crippen LogP contribution in [0.4, 0.5) is 22.7 Å². The molecule has 0 aliphatic carbocycles. The molecule has 0 aromatic heterocycles. The van der Waals surface area contributed by atoms with Crippen LogP contribution in [0.2, 0.25) is 0 Å². The third-order valence-electron chi connectivity index (χ3n) is 8.64. The summed E-state index contributed by atoms with van der Waals surface area (Å²) in [7, 11) is 2.13. The Labute approximate surface area is 277 Å². The molecular formula is C44H48N2. The lowest BCUT2D eigenvalue weighted by Crippen LogP contribution is -2.15. The molecule has 4 aromatic carbocycles. The third kappa shape index (κ3) is 7.95. The van der Waals surface area contributed by atoms with Crippen LogP contribution >= 0.6 is 0 Å². The molecule has 0 amide bonds. The zero-order valence-corrected chi connectivity index (χ0v) is 28.9. The van der Waals surface area contributed by atoms with E-state index in [-0.39, 0.29) is 0 Å². The van der Waals surface area contributed by atoms with E-state index in [1.165, 1.54) is 50.3 Å². The van der Waals surface area contributed by atoms with E-state index in [0.29, 0.717) is 0 Å². The Morgan fingerprint density at radius 2 is 1.17 bits per heavy atom. The molecule has 4 rings (SSSR count). The summed E-state index contributed by atoms with van der Waals surface area (Å²) in [5.41, 5.74) is 17.4. The molecule has 0 aliphatic rings. The van der Waals surface area contributed by atoms with Gasteiger partial charge in [0.1, 0.15) is 0 Å². The quantitative estimate of drug-likeness (QED) is 0.157. The second kappa shape index (κ2) is 14.8. The van der Waals surface area contributed by atoms with Gasteiger partial charge < -0.3 is 9.80 Å². The van der Waals surface area contributed by atoms with Gasteiger partial charge in [0.2, 0.25) is 0 Å². The van der Waals surface area contributed by atoms with Crippen LogP contribution in [0.1, 0.15) is 43.0 Å². The fourth-order valence-electron chi connectivity index (χ4n) is 5.62. The molecule has 46 heavy (non-hydrogen) atoms. The van der Waals surface area contributed by atoms with Crippen LogP contribution in [0, 0.1) is 27.7 Å². The lowest BCUT2D eigenvalue weighted by Gasteiger charge is -2.28. The van der Waals surface area contributed by atoms with Crippen molar-refractivity contribution in [2.75, 3.05) is 16.8 Å². The highest BCUT2D eigenvalue weighted by molar-refractivity contribution is 5.81. The predicted molar refractivity (Wildman–Crippen MR) is 204 cm³/mol. The first-order chi connectivity index (χ1) is 21.9. The van der Waals surface area contributed by atoms with E-state index in [0.717, 1.165) is 33.8 Å². The van der Waals surface area contributed by atoms with Crippen molar-refractivity contribution in [1.82, 2.24) is 0 Å². The van der Waals surface area contributed by atoms with E-state index in [2.05, 4.69) is 176 Å². The molecule has 2 nitrogen and oxygen atoms in total. The number of hydrogen-bond donors (Lipinski definition) is 0. The van der Waals surface area contributed by atoms with Crippen molar-refractivity contribution >= 4 is 22.7 Å². The lowest BCUT2D eigenvalue weighted by molar-refractivity contribution is 1.07. The summed E-state index contributed by atoms with van der Waals surface area (Å²) < 4.78 is 0. The van der Waals surface area contributed by atoms with Crippen molar-refractivity contribution < 1.29 is 0 Å². The molecule has 0 aliphatic heterocycles. The smallest absolute Gasteiger partial charge is 0.0491 e. The van der Waals surface area contributed by atoms with Gasteiger partial charge in [-0.05, 0) is 159 Å². The largest absolute Gasteiger partial charge is 0.348 e. The van der Waals surface area contributed by atoms with Gasteiger partial charge in [-0.3, -0.25) is 0 Å². The summed E-state index contributed by atoms with van der Waals surface area (Å²) in [6.45, 7) is 27.0. The second-order valence-electron chi connectivity index (χ2n) is 12.3. The molecule has 0 unspecified atom stereocenters. The van der Waals surface area contributed by atoms with Gasteiger partial charge in [0.05, 0.1) is 0 Å². The van der Waals surface area contributed by atoms with Crippen LogP contribution in [0.3, 0.4) is 0 Å². The van der Waals surface area contributed by atoms with E-state index in [1.807, 2.05) is 12.2 Å². The highest BCUT2D eigenvalue weighted by atomic mass is 15.1. The molecule has 234 valence electrons. The van der Waals surface area contributed by atoms with Gasteiger partial charge in [0.15, 0.2) is 0 Å². The number of aryl methyl sites for hydroxylation is 4. The number of hydrogen-bond acceptors (Lipinski definition) is 2. The van der Waals surface area contributed by atoms with Crippen molar-refractivity contribution in [3.05, 3.63) is 179 Å². The molecule has 2 heteroatoms. The normalized spacial score (nSPS) is 12.1. The topological polar surface area (TPSA) is 6.48 Å². The molecule has 0 saturated carbocycles. The molecule has 0 atom stereocenters. The Bertz CT molecular complexity index is 1830. The molecular weight excluding hydrogens is 556 g/mol. The first-order valence-electron chi connectivity index (χ1n) is 15.8. The van der Waals surface area contributed by atoms with Gasteiger partial charge >= 0.3 is 0 Å². The predicted octanol–water partition coefficient (Wildman–Crippen LogP) is 12.6. The van der Waals surface area contributed by atoms with Crippen molar-refractivity contribution in [1.29, 1.82) is 0 Å². The Balaban J connectivity index is 1.62. The van der Waals surface area contributed by atoms with Crippen molar-refractivity contribution in [3.8, 4) is 11.1 Å². The van der Waals surface area contributed by atoms with E-state index >= 15 is 0 Å². The van der Waals surface area contributed by atoms with E-state index < -0.39 is 0 Å². The fraction of sp³-hybridized carbons (Fsp3) is 0.182. The van der Waals surface area contributed by atoms with Gasteiger partial charge in [-0.15, -0.1) is 0 Å². The summed E-state index contributed by atoms with van der Waals surface area (Å²) in [6, 6.07) is 31.0. The molecule has 0 heterocycles. The van der Waals surface area contributed by atoms with Crippen LogP contribution in [-0.2, 0) is 0 Å². The van der Waals surface area contributed by atoms with Crippen LogP contribution in [0.5, 0.6) is 0 Å². The fourth-order valence-corrected chi connectivity index (χ4v) is 5.62. The minimum absolute atomic E-state index is 0.870. The Hall–Kier alpha value is -5.08. The maximum absolute atomic E-state index is 4.24. The minimum Gasteiger partial charge on any atom is -0.348 e. The maximum atomic E-state index is 4.24. The number of anilines is 4. The molecule has 0 N–H and O–H groups in total. The summed E-state index contributed by atoms with van der Waals surface area (Å²) in [5, 5.41) is 0. The number of benzene rings is 4. The van der Waals surface area contributed by atoms with Gasteiger partial charge in [-0.25, -0.2) is 0 Å². The number of rotatable bonds is 11. The Morgan fingerprint density at radius 3 is 1.65 bits per heavy atom. The SMILES string of the molecule is C=CC(=C)C=CC(=C)C(C)=C(C)C=C(C)N(C)c1ccc(-c2ccc(N(c3cccc(C)c3)c3cccc(C)c3)c(C)c2)cc1C. The summed E-state index contributed by atoms with van der Waals surface area (Å²) in [5.74, 6) is 0. The van der Waals surface area contributed by atoms with E-state index in [9.17, 15) is 0 Å². The monoisotopic (exact) mass is 604 g/mol. The molecule has 0 fully saturated rings. The summed E-state index contributed by atoms with van der Waals surface area (Å²) >= 11 is 0. The van der Waals surface area contributed by atoms with Gasteiger partial charge in [-0.2, -0.15) is 0 Å². The Morgan fingerprint density at radius 1 is 0.652 bits per heavy atom. The molecule has 0 saturated heterocycles. The molecule has 0 spiro atoms. The van der Waals surface area contributed by atoms with Crippen LogP contribution in [-0.4, -0.2) is 7.05 Å². The zero-order valence-electron chi connectivity index (χ0n) is 28.9. The van der Waals surface area contributed by atoms with Gasteiger partial charge in [0.25, 0.3) is 0 Å². The molecule has 0 bridgehead atoms. The van der Waals surface area contributed by atoms with Gasteiger partial charge in [0, 0.05) is 35.5 Å². The average Bonchev–Trinajstić information content (AvgIpc) is 3.03. The number of nitrogens with zero attached hydrogens (tertiary/aromatic N) is 2.